The Morgan fingerprint density at radius 2 is 1.23 bits per heavy atom. The third-order valence-corrected chi connectivity index (χ3v) is 9.48. The smallest absolute Gasteiger partial charge is 0.235 e. The maximum atomic E-state index is 5.23. The summed E-state index contributed by atoms with van der Waals surface area (Å²) in [5.41, 5.74) is 11.8. The van der Waals surface area contributed by atoms with E-state index < -0.39 is 0 Å². The highest BCUT2D eigenvalue weighted by Crippen LogP contribution is 2.51. The number of rotatable bonds is 3. The molecule has 208 valence electrons. The highest BCUT2D eigenvalue weighted by atomic mass is 15.1. The summed E-state index contributed by atoms with van der Waals surface area (Å²) < 4.78 is 2.14. The minimum absolute atomic E-state index is 0.0347. The van der Waals surface area contributed by atoms with Gasteiger partial charge in [0, 0.05) is 27.9 Å². The Bertz CT molecular complexity index is 2410. The van der Waals surface area contributed by atoms with E-state index >= 15 is 0 Å². The zero-order valence-electron chi connectivity index (χ0n) is 24.6. The normalized spacial score (nSPS) is 13.4. The number of aromatic nitrogens is 3. The lowest BCUT2D eigenvalue weighted by Crippen LogP contribution is -2.14. The van der Waals surface area contributed by atoms with Crippen LogP contribution in [0.25, 0.3) is 72.0 Å². The number of nitrogens with zero attached hydrogens (tertiary/aromatic N) is 3. The number of benzene rings is 6. The zero-order valence-corrected chi connectivity index (χ0v) is 24.6. The van der Waals surface area contributed by atoms with Gasteiger partial charge in [-0.15, -0.1) is 0 Å². The first-order valence-electron chi connectivity index (χ1n) is 15.2. The van der Waals surface area contributed by atoms with Crippen LogP contribution in [-0.2, 0) is 5.41 Å². The molecule has 1 aliphatic rings. The topological polar surface area (TPSA) is 30.7 Å². The van der Waals surface area contributed by atoms with Crippen LogP contribution in [0.1, 0.15) is 25.0 Å². The van der Waals surface area contributed by atoms with E-state index in [-0.39, 0.29) is 5.41 Å². The molecular weight excluding hydrogens is 534 g/mol. The lowest BCUT2D eigenvalue weighted by Gasteiger charge is -2.21. The summed E-state index contributed by atoms with van der Waals surface area (Å²) >= 11 is 0. The number of fused-ring (bicyclic) bond motifs is 7. The Hall–Kier alpha value is -5.54. The van der Waals surface area contributed by atoms with Crippen molar-refractivity contribution < 1.29 is 0 Å². The molecule has 9 rings (SSSR count). The van der Waals surface area contributed by atoms with Crippen molar-refractivity contribution in [2.24, 2.45) is 0 Å². The molecule has 0 amide bonds. The minimum atomic E-state index is -0.0347. The molecular formula is C41H29N3. The van der Waals surface area contributed by atoms with Crippen LogP contribution in [0, 0.1) is 0 Å². The Balaban J connectivity index is 1.20. The van der Waals surface area contributed by atoms with Crippen molar-refractivity contribution in [3.8, 4) is 39.5 Å². The van der Waals surface area contributed by atoms with Crippen LogP contribution < -0.4 is 0 Å². The highest BCUT2D eigenvalue weighted by Gasteiger charge is 2.36. The number of hydrogen-bond acceptors (Lipinski definition) is 2. The predicted octanol–water partition coefficient (Wildman–Crippen LogP) is 10.4. The second-order valence-electron chi connectivity index (χ2n) is 12.3. The van der Waals surface area contributed by atoms with Crippen molar-refractivity contribution in [1.82, 2.24) is 14.5 Å². The van der Waals surface area contributed by atoms with E-state index in [2.05, 4.69) is 152 Å². The molecule has 0 fully saturated rings. The molecule has 3 nitrogen and oxygen atoms in total. The Kier molecular flexibility index (Phi) is 5.24. The quantitative estimate of drug-likeness (QED) is 0.214. The fourth-order valence-electron chi connectivity index (χ4n) is 7.27. The minimum Gasteiger partial charge on any atom is -0.285 e. The van der Waals surface area contributed by atoms with Crippen LogP contribution in [0.3, 0.4) is 0 Å². The highest BCUT2D eigenvalue weighted by molar-refractivity contribution is 6.02. The average molecular weight is 564 g/mol. The van der Waals surface area contributed by atoms with E-state index in [4.69, 9.17) is 9.97 Å². The third kappa shape index (κ3) is 3.56. The van der Waals surface area contributed by atoms with E-state index in [0.29, 0.717) is 5.95 Å². The van der Waals surface area contributed by atoms with Gasteiger partial charge in [-0.3, -0.25) is 4.57 Å². The van der Waals surface area contributed by atoms with E-state index in [1.165, 1.54) is 49.5 Å². The summed E-state index contributed by atoms with van der Waals surface area (Å²) in [5, 5.41) is 4.78. The van der Waals surface area contributed by atoms with Gasteiger partial charge in [-0.25, -0.2) is 9.97 Å². The van der Waals surface area contributed by atoms with Gasteiger partial charge in [0.05, 0.1) is 16.7 Å². The number of hydrogen-bond donors (Lipinski definition) is 0. The van der Waals surface area contributed by atoms with Crippen molar-refractivity contribution in [2.75, 3.05) is 0 Å². The van der Waals surface area contributed by atoms with Gasteiger partial charge in [0.2, 0.25) is 5.95 Å². The zero-order chi connectivity index (χ0) is 29.4. The summed E-state index contributed by atoms with van der Waals surface area (Å²) in [4.78, 5) is 10.3. The van der Waals surface area contributed by atoms with Gasteiger partial charge in [-0.2, -0.15) is 0 Å². The second kappa shape index (κ2) is 9.23. The van der Waals surface area contributed by atoms with E-state index in [0.717, 1.165) is 27.7 Å². The summed E-state index contributed by atoms with van der Waals surface area (Å²) in [7, 11) is 0. The largest absolute Gasteiger partial charge is 0.285 e. The predicted molar refractivity (Wildman–Crippen MR) is 182 cm³/mol. The Morgan fingerprint density at radius 1 is 0.523 bits per heavy atom. The molecule has 3 heteroatoms. The van der Waals surface area contributed by atoms with Crippen molar-refractivity contribution in [2.45, 2.75) is 19.3 Å². The third-order valence-electron chi connectivity index (χ3n) is 9.48. The SMILES string of the molecule is CC1(C)c2ccccc2-c2c1ccc1c2ccn1-c1nc(-c2ccc(-c3cccc4ccccc34)cc2)c2ccccc2n1. The standard InChI is InChI=1S/C41H29N3/c1-41(2)34-16-7-5-13-31(34)38-33-24-25-44(37(33)23-22-35(38)41)40-42-36-17-8-6-14-32(36)39(43-40)28-20-18-27(19-21-28)30-15-9-11-26-10-3-4-12-29(26)30/h3-25H,1-2H3. The van der Waals surface area contributed by atoms with Gasteiger partial charge in [-0.05, 0) is 62.4 Å². The van der Waals surface area contributed by atoms with E-state index in [9.17, 15) is 0 Å². The fraction of sp³-hybridized carbons (Fsp3) is 0.0732. The molecule has 44 heavy (non-hydrogen) atoms. The van der Waals surface area contributed by atoms with Crippen LogP contribution in [0.4, 0.5) is 0 Å². The van der Waals surface area contributed by atoms with Crippen molar-refractivity contribution in [1.29, 1.82) is 0 Å². The first-order chi connectivity index (χ1) is 21.6. The Labute approximate surface area is 256 Å². The van der Waals surface area contributed by atoms with E-state index in [1.807, 2.05) is 6.07 Å². The lowest BCUT2D eigenvalue weighted by atomic mass is 9.82. The van der Waals surface area contributed by atoms with Gasteiger partial charge < -0.3 is 0 Å². The Morgan fingerprint density at radius 3 is 2.11 bits per heavy atom. The van der Waals surface area contributed by atoms with Crippen LogP contribution in [0.15, 0.2) is 140 Å². The first kappa shape index (κ1) is 25.0. The molecule has 2 aromatic heterocycles. The summed E-state index contributed by atoms with van der Waals surface area (Å²) in [6, 6.07) is 47.7. The van der Waals surface area contributed by atoms with E-state index in [1.54, 1.807) is 0 Å². The molecule has 0 unspecified atom stereocenters. The van der Waals surface area contributed by atoms with Gasteiger partial charge in [0.25, 0.3) is 0 Å². The van der Waals surface area contributed by atoms with Crippen molar-refractivity contribution >= 4 is 32.6 Å². The average Bonchev–Trinajstić information content (AvgIpc) is 3.61. The van der Waals surface area contributed by atoms with Gasteiger partial charge in [0.1, 0.15) is 0 Å². The van der Waals surface area contributed by atoms with Crippen LogP contribution in [-0.4, -0.2) is 14.5 Å². The van der Waals surface area contributed by atoms with Crippen LogP contribution >= 0.6 is 0 Å². The van der Waals surface area contributed by atoms with Gasteiger partial charge >= 0.3 is 0 Å². The summed E-state index contributed by atoms with van der Waals surface area (Å²) in [6.07, 6.45) is 2.12. The van der Waals surface area contributed by atoms with Crippen LogP contribution in [0.5, 0.6) is 0 Å². The molecule has 0 bridgehead atoms. The molecule has 0 aliphatic heterocycles. The number of para-hydroxylation sites is 1. The molecule has 0 atom stereocenters. The maximum Gasteiger partial charge on any atom is 0.235 e. The summed E-state index contributed by atoms with van der Waals surface area (Å²) in [5.74, 6) is 0.678. The molecule has 2 heterocycles. The second-order valence-corrected chi connectivity index (χ2v) is 12.3. The molecule has 8 aromatic rings. The molecule has 0 saturated heterocycles. The molecule has 0 N–H and O–H groups in total. The molecule has 0 radical (unpaired) electrons. The first-order valence-corrected chi connectivity index (χ1v) is 15.2. The molecule has 0 saturated carbocycles. The fourth-order valence-corrected chi connectivity index (χ4v) is 7.27. The van der Waals surface area contributed by atoms with Gasteiger partial charge in [0.15, 0.2) is 0 Å². The van der Waals surface area contributed by atoms with Crippen molar-refractivity contribution in [3.63, 3.8) is 0 Å². The van der Waals surface area contributed by atoms with Gasteiger partial charge in [-0.1, -0.05) is 129 Å². The molecule has 1 aliphatic carbocycles. The van der Waals surface area contributed by atoms with Crippen molar-refractivity contribution in [3.05, 3.63) is 151 Å². The molecule has 6 aromatic carbocycles. The monoisotopic (exact) mass is 563 g/mol. The van der Waals surface area contributed by atoms with Crippen LogP contribution in [0.2, 0.25) is 0 Å². The lowest BCUT2D eigenvalue weighted by molar-refractivity contribution is 0.661. The molecule has 0 spiro atoms. The summed E-state index contributed by atoms with van der Waals surface area (Å²) in [6.45, 7) is 4.65. The maximum absolute atomic E-state index is 5.23.